The Morgan fingerprint density at radius 3 is 2.36 bits per heavy atom. The number of piperidine rings is 2. The Bertz CT molecular complexity index is 375. The van der Waals surface area contributed by atoms with Crippen LogP contribution in [0.5, 0.6) is 0 Å². The molecule has 1 amide bonds. The molecule has 2 heterocycles. The highest BCUT2D eigenvalue weighted by molar-refractivity contribution is 5.86. The molecule has 1 N–H and O–H groups in total. The van der Waals surface area contributed by atoms with E-state index in [-0.39, 0.29) is 5.91 Å². The Hall–Kier alpha value is -0.610. The molecule has 3 rings (SSSR count). The number of aliphatic hydroxyl groups is 1. The van der Waals surface area contributed by atoms with Crippen molar-refractivity contribution in [1.82, 2.24) is 9.80 Å². The molecule has 0 aromatic carbocycles. The molecule has 2 saturated heterocycles. The number of β-amino-alcohol motifs (C(OH)–C–C–N with tert-alkyl or cyclic N) is 1. The Labute approximate surface area is 134 Å². The second-order valence-electron chi connectivity index (χ2n) is 7.73. The lowest BCUT2D eigenvalue weighted by Crippen LogP contribution is -2.59. The van der Waals surface area contributed by atoms with Gasteiger partial charge in [0.05, 0.1) is 0 Å². The molecule has 1 unspecified atom stereocenters. The molecule has 1 atom stereocenters. The van der Waals surface area contributed by atoms with Crippen LogP contribution < -0.4 is 0 Å². The van der Waals surface area contributed by atoms with Gasteiger partial charge in [0, 0.05) is 19.6 Å². The highest BCUT2D eigenvalue weighted by Gasteiger charge is 2.43. The zero-order chi connectivity index (χ0) is 15.4. The van der Waals surface area contributed by atoms with Crippen LogP contribution in [0.2, 0.25) is 0 Å². The number of carbonyl (C=O) groups excluding carboxylic acids is 1. The molecule has 1 saturated carbocycles. The summed E-state index contributed by atoms with van der Waals surface area (Å²) in [6.07, 6.45) is 11.8. The predicted octanol–water partition coefficient (Wildman–Crippen LogP) is 2.41. The molecule has 3 fully saturated rings. The van der Waals surface area contributed by atoms with Crippen LogP contribution in [0, 0.1) is 5.92 Å². The molecule has 4 nitrogen and oxygen atoms in total. The third-order valence-corrected chi connectivity index (χ3v) is 5.84. The second kappa shape index (κ2) is 7.31. The maximum absolute atomic E-state index is 12.8. The minimum absolute atomic E-state index is 0.00916. The molecule has 0 bridgehead atoms. The summed E-state index contributed by atoms with van der Waals surface area (Å²) in [5, 5.41) is 11.0. The Morgan fingerprint density at radius 1 is 0.955 bits per heavy atom. The van der Waals surface area contributed by atoms with Gasteiger partial charge < -0.3 is 10.0 Å². The van der Waals surface area contributed by atoms with Crippen molar-refractivity contribution in [2.45, 2.75) is 69.8 Å². The van der Waals surface area contributed by atoms with E-state index < -0.39 is 5.60 Å². The normalized spacial score (nSPS) is 32.4. The van der Waals surface area contributed by atoms with Crippen LogP contribution in [0.25, 0.3) is 0 Å². The van der Waals surface area contributed by atoms with E-state index in [1.165, 1.54) is 51.4 Å². The van der Waals surface area contributed by atoms with Crippen LogP contribution >= 0.6 is 0 Å². The summed E-state index contributed by atoms with van der Waals surface area (Å²) in [6.45, 7) is 4.35. The standard InChI is InChI=1S/C18H32N2O2/c21-17-18(22,15-19-11-5-2-6-12-19)10-7-13-20(17)14-16-8-3-1-4-9-16/h16,22H,1-15H2. The first-order valence-electron chi connectivity index (χ1n) is 9.41. The molecule has 22 heavy (non-hydrogen) atoms. The zero-order valence-corrected chi connectivity index (χ0v) is 13.9. The van der Waals surface area contributed by atoms with Crippen molar-refractivity contribution in [3.8, 4) is 0 Å². The van der Waals surface area contributed by atoms with Crippen molar-refractivity contribution in [2.75, 3.05) is 32.7 Å². The summed E-state index contributed by atoms with van der Waals surface area (Å²) in [6, 6.07) is 0. The molecule has 2 aliphatic heterocycles. The maximum Gasteiger partial charge on any atom is 0.255 e. The van der Waals surface area contributed by atoms with E-state index in [1.54, 1.807) is 0 Å². The van der Waals surface area contributed by atoms with Gasteiger partial charge in [-0.25, -0.2) is 0 Å². The van der Waals surface area contributed by atoms with Gasteiger partial charge in [-0.3, -0.25) is 9.69 Å². The Balaban J connectivity index is 1.58. The molecule has 1 aliphatic carbocycles. The minimum Gasteiger partial charge on any atom is -0.379 e. The second-order valence-corrected chi connectivity index (χ2v) is 7.73. The van der Waals surface area contributed by atoms with Gasteiger partial charge in [-0.05, 0) is 57.5 Å². The fraction of sp³-hybridized carbons (Fsp3) is 0.944. The van der Waals surface area contributed by atoms with E-state index in [0.717, 1.165) is 32.6 Å². The van der Waals surface area contributed by atoms with Gasteiger partial charge in [0.2, 0.25) is 0 Å². The van der Waals surface area contributed by atoms with Crippen molar-refractivity contribution < 1.29 is 9.90 Å². The van der Waals surface area contributed by atoms with Crippen LogP contribution in [0.1, 0.15) is 64.2 Å². The van der Waals surface area contributed by atoms with E-state index in [4.69, 9.17) is 0 Å². The molecular formula is C18H32N2O2. The smallest absolute Gasteiger partial charge is 0.255 e. The van der Waals surface area contributed by atoms with Crippen molar-refractivity contribution in [3.63, 3.8) is 0 Å². The summed E-state index contributed by atoms with van der Waals surface area (Å²) in [5.74, 6) is 0.671. The fourth-order valence-electron chi connectivity index (χ4n) is 4.55. The molecule has 0 aromatic heterocycles. The van der Waals surface area contributed by atoms with Crippen LogP contribution in [0.3, 0.4) is 0 Å². The van der Waals surface area contributed by atoms with Gasteiger partial charge in [0.1, 0.15) is 0 Å². The molecule has 0 aromatic rings. The number of carbonyl (C=O) groups is 1. The fourth-order valence-corrected chi connectivity index (χ4v) is 4.55. The van der Waals surface area contributed by atoms with Crippen molar-refractivity contribution in [1.29, 1.82) is 0 Å². The zero-order valence-electron chi connectivity index (χ0n) is 13.9. The van der Waals surface area contributed by atoms with Gasteiger partial charge in [-0.1, -0.05) is 25.7 Å². The van der Waals surface area contributed by atoms with E-state index in [1.807, 2.05) is 4.90 Å². The number of amides is 1. The average Bonchev–Trinajstić information content (AvgIpc) is 2.54. The monoisotopic (exact) mass is 308 g/mol. The number of hydrogen-bond donors (Lipinski definition) is 1. The largest absolute Gasteiger partial charge is 0.379 e. The van der Waals surface area contributed by atoms with Gasteiger partial charge >= 0.3 is 0 Å². The third-order valence-electron chi connectivity index (χ3n) is 5.84. The predicted molar refractivity (Wildman–Crippen MR) is 87.6 cm³/mol. The van der Waals surface area contributed by atoms with Crippen molar-refractivity contribution in [3.05, 3.63) is 0 Å². The number of likely N-dealkylation sites (tertiary alicyclic amines) is 2. The van der Waals surface area contributed by atoms with Gasteiger partial charge in [0.25, 0.3) is 5.91 Å². The van der Waals surface area contributed by atoms with E-state index in [2.05, 4.69) is 4.90 Å². The Kier molecular flexibility index (Phi) is 5.40. The van der Waals surface area contributed by atoms with Crippen molar-refractivity contribution >= 4 is 5.91 Å². The van der Waals surface area contributed by atoms with Crippen LogP contribution in [0.4, 0.5) is 0 Å². The SMILES string of the molecule is O=C1N(CC2CCCCC2)CCCC1(O)CN1CCCCC1. The van der Waals surface area contributed by atoms with E-state index >= 15 is 0 Å². The first kappa shape index (κ1) is 16.3. The number of hydrogen-bond acceptors (Lipinski definition) is 3. The molecule has 0 spiro atoms. The van der Waals surface area contributed by atoms with E-state index in [0.29, 0.717) is 18.9 Å². The van der Waals surface area contributed by atoms with Crippen LogP contribution in [-0.4, -0.2) is 59.1 Å². The summed E-state index contributed by atoms with van der Waals surface area (Å²) in [7, 11) is 0. The van der Waals surface area contributed by atoms with Gasteiger partial charge in [0.15, 0.2) is 5.60 Å². The first-order chi connectivity index (χ1) is 10.7. The van der Waals surface area contributed by atoms with Crippen molar-refractivity contribution in [2.24, 2.45) is 5.92 Å². The number of nitrogens with zero attached hydrogens (tertiary/aromatic N) is 2. The molecule has 126 valence electrons. The molecule has 0 radical (unpaired) electrons. The topological polar surface area (TPSA) is 43.8 Å². The van der Waals surface area contributed by atoms with Crippen LogP contribution in [-0.2, 0) is 4.79 Å². The van der Waals surface area contributed by atoms with E-state index in [9.17, 15) is 9.90 Å². The molecule has 4 heteroatoms. The highest BCUT2D eigenvalue weighted by Crippen LogP contribution is 2.29. The molecule has 3 aliphatic rings. The third kappa shape index (κ3) is 3.83. The average molecular weight is 308 g/mol. The molecular weight excluding hydrogens is 276 g/mol. The highest BCUT2D eigenvalue weighted by atomic mass is 16.3. The van der Waals surface area contributed by atoms with Crippen LogP contribution in [0.15, 0.2) is 0 Å². The lowest BCUT2D eigenvalue weighted by molar-refractivity contribution is -0.160. The number of rotatable bonds is 4. The minimum atomic E-state index is -1.12. The maximum atomic E-state index is 12.8. The summed E-state index contributed by atoms with van der Waals surface area (Å²) >= 11 is 0. The first-order valence-corrected chi connectivity index (χ1v) is 9.41. The summed E-state index contributed by atoms with van der Waals surface area (Å²) < 4.78 is 0. The summed E-state index contributed by atoms with van der Waals surface area (Å²) in [5.41, 5.74) is -1.12. The van der Waals surface area contributed by atoms with Gasteiger partial charge in [-0.15, -0.1) is 0 Å². The lowest BCUT2D eigenvalue weighted by Gasteiger charge is -2.42. The van der Waals surface area contributed by atoms with Gasteiger partial charge in [-0.2, -0.15) is 0 Å². The quantitative estimate of drug-likeness (QED) is 0.867. The summed E-state index contributed by atoms with van der Waals surface area (Å²) in [4.78, 5) is 17.1. The Morgan fingerprint density at radius 2 is 1.64 bits per heavy atom. The lowest BCUT2D eigenvalue weighted by atomic mass is 9.86.